The predicted molar refractivity (Wildman–Crippen MR) is 141 cm³/mol. The monoisotopic (exact) mass is 538 g/mol. The number of benzene rings is 2. The van der Waals surface area contributed by atoms with Gasteiger partial charge >= 0.3 is 12.1 Å². The van der Waals surface area contributed by atoms with E-state index < -0.39 is 23.8 Å². The third-order valence-corrected chi connectivity index (χ3v) is 7.54. The van der Waals surface area contributed by atoms with Crippen LogP contribution in [0.3, 0.4) is 0 Å². The molecule has 5 nitrogen and oxygen atoms in total. The van der Waals surface area contributed by atoms with Gasteiger partial charge in [0, 0.05) is 29.9 Å². The smallest absolute Gasteiger partial charge is 0.416 e. The Morgan fingerprint density at radius 1 is 1.16 bits per heavy atom. The van der Waals surface area contributed by atoms with Crippen molar-refractivity contribution in [3.8, 4) is 0 Å². The summed E-state index contributed by atoms with van der Waals surface area (Å²) in [6, 6.07) is 12.4. The Bertz CT molecular complexity index is 1040. The minimum absolute atomic E-state index is 0.0954. The summed E-state index contributed by atoms with van der Waals surface area (Å²) >= 11 is 1.14. The molecule has 0 aromatic heterocycles. The summed E-state index contributed by atoms with van der Waals surface area (Å²) in [5, 5.41) is 22.9. The van der Waals surface area contributed by atoms with Gasteiger partial charge in [-0.1, -0.05) is 24.3 Å². The highest BCUT2D eigenvalue weighted by Crippen LogP contribution is 2.35. The fourth-order valence-corrected chi connectivity index (χ4v) is 6.02. The number of aliphatic carboxylic acids is 1. The number of carboxylic acid groups (broad SMARTS) is 1. The molecule has 0 fully saturated rings. The Labute approximate surface area is 221 Å². The van der Waals surface area contributed by atoms with Gasteiger partial charge in [-0.3, -0.25) is 4.79 Å². The summed E-state index contributed by atoms with van der Waals surface area (Å²) < 4.78 is 42.0. The minimum Gasteiger partial charge on any atom is -0.481 e. The van der Waals surface area contributed by atoms with Crippen LogP contribution in [-0.4, -0.2) is 52.3 Å². The van der Waals surface area contributed by atoms with Crippen molar-refractivity contribution in [1.29, 1.82) is 0 Å². The molecule has 2 aromatic rings. The van der Waals surface area contributed by atoms with E-state index >= 15 is 0 Å². The average molecular weight is 539 g/mol. The van der Waals surface area contributed by atoms with Gasteiger partial charge in [-0.2, -0.15) is 13.2 Å². The summed E-state index contributed by atoms with van der Waals surface area (Å²) in [6.07, 6.45) is -1.65. The van der Waals surface area contributed by atoms with Crippen molar-refractivity contribution in [2.24, 2.45) is 5.92 Å². The molecule has 0 amide bonds. The van der Waals surface area contributed by atoms with Gasteiger partial charge in [0.1, 0.15) is 0 Å². The van der Waals surface area contributed by atoms with E-state index in [0.717, 1.165) is 43.3 Å². The highest BCUT2D eigenvalue weighted by atomic mass is 32.2. The lowest BCUT2D eigenvalue weighted by Gasteiger charge is -2.31. The van der Waals surface area contributed by atoms with E-state index in [0.29, 0.717) is 22.9 Å². The molecule has 1 aliphatic carbocycles. The first-order chi connectivity index (χ1) is 17.3. The molecular weight excluding hydrogens is 501 g/mol. The van der Waals surface area contributed by atoms with Gasteiger partial charge in [0.25, 0.3) is 0 Å². The first-order valence-corrected chi connectivity index (χ1v) is 13.4. The number of hydrogen-bond donors (Lipinski definition) is 3. The Balaban J connectivity index is 1.50. The first-order valence-electron chi connectivity index (χ1n) is 12.6. The second kappa shape index (κ2) is 12.7. The van der Waals surface area contributed by atoms with Crippen LogP contribution in [0, 0.1) is 5.92 Å². The molecule has 0 saturated carbocycles. The molecule has 3 N–H and O–H groups in total. The number of alkyl halides is 3. The molecule has 0 unspecified atom stereocenters. The number of rotatable bonds is 13. The number of carboxylic acids is 1. The van der Waals surface area contributed by atoms with Gasteiger partial charge in [0.05, 0.1) is 11.7 Å². The standard InChI is InChI=1S/C28H37F3N2O3S/c1-27(2,16-20-11-21-8-4-5-9-22(21)12-20)32-17-24(34)18-33(3)37-25-14-19(7-6-10-26(35)36)13-23(15-25)28(29,30)31/h4-5,8-9,13-15,20,24,32,34H,6-7,10-12,16-18H2,1-3H3,(H,35,36)/t24-/m1/s1. The molecule has 0 radical (unpaired) electrons. The molecule has 1 aliphatic rings. The number of nitrogens with zero attached hydrogens (tertiary/aromatic N) is 1. The van der Waals surface area contributed by atoms with E-state index in [1.807, 2.05) is 0 Å². The third-order valence-electron chi connectivity index (χ3n) is 6.63. The summed E-state index contributed by atoms with van der Waals surface area (Å²) in [7, 11) is 1.74. The fourth-order valence-electron chi connectivity index (χ4n) is 5.03. The number of β-amino-alcohol motifs (C(OH)–C–C–N with tert-alkyl or cyclic N) is 1. The van der Waals surface area contributed by atoms with Crippen molar-refractivity contribution in [1.82, 2.24) is 9.62 Å². The zero-order valence-corrected chi connectivity index (χ0v) is 22.5. The van der Waals surface area contributed by atoms with Gasteiger partial charge in [0.15, 0.2) is 0 Å². The topological polar surface area (TPSA) is 72.8 Å². The van der Waals surface area contributed by atoms with Crippen molar-refractivity contribution >= 4 is 17.9 Å². The van der Waals surface area contributed by atoms with Crippen LogP contribution < -0.4 is 5.32 Å². The average Bonchev–Trinajstić information content (AvgIpc) is 3.18. The maximum Gasteiger partial charge on any atom is 0.416 e. The summed E-state index contributed by atoms with van der Waals surface area (Å²) in [4.78, 5) is 11.2. The normalized spacial score (nSPS) is 15.2. The zero-order chi connectivity index (χ0) is 27.2. The van der Waals surface area contributed by atoms with Crippen molar-refractivity contribution in [3.63, 3.8) is 0 Å². The predicted octanol–water partition coefficient (Wildman–Crippen LogP) is 5.59. The van der Waals surface area contributed by atoms with Crippen LogP contribution in [0.2, 0.25) is 0 Å². The van der Waals surface area contributed by atoms with Crippen molar-refractivity contribution < 1.29 is 28.2 Å². The van der Waals surface area contributed by atoms with Crippen LogP contribution in [0.4, 0.5) is 13.2 Å². The number of likely N-dealkylation sites (N-methyl/N-ethyl adjacent to an activating group) is 1. The number of nitrogens with one attached hydrogen (secondary N) is 1. The molecule has 1 atom stereocenters. The van der Waals surface area contributed by atoms with E-state index in [4.69, 9.17) is 5.11 Å². The van der Waals surface area contributed by atoms with Crippen molar-refractivity contribution in [2.75, 3.05) is 20.1 Å². The number of carbonyl (C=O) groups is 1. The molecule has 204 valence electrons. The van der Waals surface area contributed by atoms with Gasteiger partial charge in [0.2, 0.25) is 0 Å². The van der Waals surface area contributed by atoms with E-state index in [1.54, 1.807) is 17.4 Å². The molecule has 0 spiro atoms. The van der Waals surface area contributed by atoms with Gasteiger partial charge < -0.3 is 15.5 Å². The molecule has 0 heterocycles. The molecule has 37 heavy (non-hydrogen) atoms. The van der Waals surface area contributed by atoms with E-state index in [1.165, 1.54) is 11.1 Å². The first kappa shape index (κ1) is 29.5. The quantitative estimate of drug-likeness (QED) is 0.289. The van der Waals surface area contributed by atoms with Gasteiger partial charge in [-0.05, 0) is 106 Å². The van der Waals surface area contributed by atoms with E-state index in [9.17, 15) is 23.1 Å². The molecular formula is C28H37F3N2O3S. The number of aryl methyl sites for hydroxylation is 1. The van der Waals surface area contributed by atoms with Crippen LogP contribution >= 0.6 is 11.9 Å². The molecule has 3 rings (SSSR count). The van der Waals surface area contributed by atoms with Crippen LogP contribution in [0.15, 0.2) is 47.4 Å². The van der Waals surface area contributed by atoms with Gasteiger partial charge in [-0.25, -0.2) is 4.31 Å². The minimum atomic E-state index is -4.49. The second-order valence-corrected chi connectivity index (χ2v) is 12.0. The lowest BCUT2D eigenvalue weighted by molar-refractivity contribution is -0.138. The lowest BCUT2D eigenvalue weighted by Crippen LogP contribution is -2.46. The Kier molecular flexibility index (Phi) is 10.1. The zero-order valence-electron chi connectivity index (χ0n) is 21.6. The van der Waals surface area contributed by atoms with Crippen LogP contribution in [-0.2, 0) is 30.2 Å². The maximum absolute atomic E-state index is 13.4. The Hall–Kier alpha value is -2.07. The van der Waals surface area contributed by atoms with Crippen molar-refractivity contribution in [3.05, 3.63) is 64.7 Å². The molecule has 0 aliphatic heterocycles. The number of halogens is 3. The third kappa shape index (κ3) is 9.63. The molecule has 0 saturated heterocycles. The molecule has 0 bridgehead atoms. The Morgan fingerprint density at radius 3 is 2.41 bits per heavy atom. The highest BCUT2D eigenvalue weighted by Gasteiger charge is 2.32. The molecule has 2 aromatic carbocycles. The van der Waals surface area contributed by atoms with Crippen LogP contribution in [0.25, 0.3) is 0 Å². The number of aliphatic hydroxyl groups is 1. The Morgan fingerprint density at radius 2 is 1.81 bits per heavy atom. The summed E-state index contributed by atoms with van der Waals surface area (Å²) in [5.41, 5.74) is 2.37. The second-order valence-electron chi connectivity index (χ2n) is 10.7. The van der Waals surface area contributed by atoms with Gasteiger partial charge in [-0.15, -0.1) is 0 Å². The number of hydrogen-bond acceptors (Lipinski definition) is 5. The van der Waals surface area contributed by atoms with E-state index in [2.05, 4.69) is 43.4 Å². The lowest BCUT2D eigenvalue weighted by atomic mass is 9.88. The van der Waals surface area contributed by atoms with Crippen LogP contribution in [0.1, 0.15) is 55.4 Å². The number of fused-ring (bicyclic) bond motifs is 1. The van der Waals surface area contributed by atoms with Crippen molar-refractivity contribution in [2.45, 2.75) is 75.1 Å². The van der Waals surface area contributed by atoms with Crippen LogP contribution in [0.5, 0.6) is 0 Å². The fraction of sp³-hybridized carbons (Fsp3) is 0.536. The maximum atomic E-state index is 13.4. The highest BCUT2D eigenvalue weighted by molar-refractivity contribution is 7.97. The summed E-state index contributed by atoms with van der Waals surface area (Å²) in [6.45, 7) is 4.92. The van der Waals surface area contributed by atoms with E-state index in [-0.39, 0.29) is 31.3 Å². The summed E-state index contributed by atoms with van der Waals surface area (Å²) in [5.74, 6) is -0.415. The SMILES string of the molecule is CN(C[C@H](O)CNC(C)(C)CC1Cc2ccccc2C1)Sc1cc(CCCC(=O)O)cc(C(F)(F)F)c1. The molecule has 9 heteroatoms. The number of aliphatic hydroxyl groups excluding tert-OH is 1. The largest absolute Gasteiger partial charge is 0.481 e.